The molecule has 5 rings (SSSR count). The van der Waals surface area contributed by atoms with Crippen molar-refractivity contribution in [3.05, 3.63) is 101 Å². The zero-order valence-electron chi connectivity index (χ0n) is 19.6. The van der Waals surface area contributed by atoms with Gasteiger partial charge in [-0.3, -0.25) is 4.79 Å². The number of allylic oxidation sites excluding steroid dienone is 1. The van der Waals surface area contributed by atoms with Crippen molar-refractivity contribution in [2.45, 2.75) is 25.7 Å². The second-order valence-electron chi connectivity index (χ2n) is 8.67. The van der Waals surface area contributed by atoms with Gasteiger partial charge in [0.2, 0.25) is 0 Å². The maximum Gasteiger partial charge on any atom is 0.339 e. The highest BCUT2D eigenvalue weighted by molar-refractivity contribution is 6.07. The van der Waals surface area contributed by atoms with Gasteiger partial charge in [-0.05, 0) is 78.8 Å². The summed E-state index contributed by atoms with van der Waals surface area (Å²) in [6, 6.07) is 17.3. The van der Waals surface area contributed by atoms with Crippen LogP contribution in [-0.4, -0.2) is 30.0 Å². The van der Waals surface area contributed by atoms with Gasteiger partial charge in [0.1, 0.15) is 11.6 Å². The lowest BCUT2D eigenvalue weighted by Gasteiger charge is -2.22. The summed E-state index contributed by atoms with van der Waals surface area (Å²) in [5.74, 6) is -0.507. The highest BCUT2D eigenvalue weighted by Crippen LogP contribution is 2.36. The van der Waals surface area contributed by atoms with Gasteiger partial charge >= 0.3 is 5.97 Å². The van der Waals surface area contributed by atoms with Crippen LogP contribution in [0.5, 0.6) is 0 Å². The Hall–Kier alpha value is -4.26. The summed E-state index contributed by atoms with van der Waals surface area (Å²) in [6.07, 6.45) is 6.51. The Morgan fingerprint density at radius 1 is 1.06 bits per heavy atom. The molecule has 36 heavy (non-hydrogen) atoms. The maximum absolute atomic E-state index is 13.3. The number of nitrogens with one attached hydrogen (secondary N) is 1. The number of esters is 1. The predicted octanol–water partition coefficient (Wildman–Crippen LogP) is 5.36. The molecule has 1 N–H and O–H groups in total. The minimum atomic E-state index is -0.544. The topological polar surface area (TPSA) is 81.4 Å². The van der Waals surface area contributed by atoms with E-state index in [-0.39, 0.29) is 12.4 Å². The molecule has 7 heteroatoms. The molecule has 0 spiro atoms. The first kappa shape index (κ1) is 23.5. The average molecular weight is 485 g/mol. The van der Waals surface area contributed by atoms with Crippen LogP contribution in [-0.2, 0) is 22.4 Å². The average Bonchev–Trinajstić information content (AvgIpc) is 3.40. The molecule has 182 valence electrons. The van der Waals surface area contributed by atoms with Gasteiger partial charge in [-0.15, -0.1) is 0 Å². The predicted molar refractivity (Wildman–Crippen MR) is 135 cm³/mol. The molecule has 1 aliphatic carbocycles. The number of benzene rings is 2. The van der Waals surface area contributed by atoms with Gasteiger partial charge in [-0.25, -0.2) is 14.2 Å². The van der Waals surface area contributed by atoms with Crippen molar-refractivity contribution in [2.75, 3.05) is 13.2 Å². The summed E-state index contributed by atoms with van der Waals surface area (Å²) in [6.45, 7) is -0.0285. The summed E-state index contributed by atoms with van der Waals surface area (Å²) in [5.41, 5.74) is 4.66. The minimum Gasteiger partial charge on any atom is -0.465 e. The van der Waals surface area contributed by atoms with E-state index in [0.717, 1.165) is 41.0 Å². The van der Waals surface area contributed by atoms with E-state index in [2.05, 4.69) is 5.32 Å². The molecular weight excluding hydrogens is 459 g/mol. The Kier molecular flexibility index (Phi) is 6.89. The number of hydrogen-bond donors (Lipinski definition) is 1. The standard InChI is InChI=1S/C29H25FN2O4/c30-21-12-10-19(11-13-21)14-15-31-26(33)18-36-29(34)27-23-7-1-2-9-25(23)32-28-20(5-3-8-24(27)28)17-22-6-4-16-35-22/h1-2,4,6-7,9-13,16-17H,3,5,8,14-15,18H2,(H,31,33). The highest BCUT2D eigenvalue weighted by Gasteiger charge is 2.26. The van der Waals surface area contributed by atoms with E-state index in [1.807, 2.05) is 42.5 Å². The quantitative estimate of drug-likeness (QED) is 0.357. The number of para-hydroxylation sites is 1. The number of halogens is 1. The molecule has 1 aliphatic rings. The number of amides is 1. The van der Waals surface area contributed by atoms with E-state index in [9.17, 15) is 14.0 Å². The number of hydrogen-bond acceptors (Lipinski definition) is 5. The van der Waals surface area contributed by atoms with Gasteiger partial charge in [-0.2, -0.15) is 0 Å². The first-order valence-electron chi connectivity index (χ1n) is 11.9. The number of ether oxygens (including phenoxy) is 1. The van der Waals surface area contributed by atoms with Gasteiger partial charge in [0.25, 0.3) is 5.91 Å². The second kappa shape index (κ2) is 10.6. The van der Waals surface area contributed by atoms with Crippen molar-refractivity contribution in [1.82, 2.24) is 10.3 Å². The first-order chi connectivity index (χ1) is 17.6. The Morgan fingerprint density at radius 2 is 1.89 bits per heavy atom. The SMILES string of the molecule is O=C(COC(=O)c1c2c(nc3ccccc13)C(=Cc1ccco1)CCC2)NCCc1ccc(F)cc1. The molecule has 0 unspecified atom stereocenters. The van der Waals surface area contributed by atoms with Crippen molar-refractivity contribution in [3.63, 3.8) is 0 Å². The molecule has 0 bridgehead atoms. The summed E-state index contributed by atoms with van der Waals surface area (Å²) in [5, 5.41) is 3.45. The molecule has 6 nitrogen and oxygen atoms in total. The van der Waals surface area contributed by atoms with Crippen molar-refractivity contribution < 1.29 is 23.1 Å². The van der Waals surface area contributed by atoms with E-state index in [4.69, 9.17) is 14.1 Å². The van der Waals surface area contributed by atoms with Gasteiger partial charge in [0, 0.05) is 11.9 Å². The van der Waals surface area contributed by atoms with Crippen LogP contribution in [0, 0.1) is 5.82 Å². The van der Waals surface area contributed by atoms with Gasteiger partial charge in [0.15, 0.2) is 6.61 Å². The Balaban J connectivity index is 1.33. The monoisotopic (exact) mass is 484 g/mol. The smallest absolute Gasteiger partial charge is 0.339 e. The van der Waals surface area contributed by atoms with Crippen LogP contribution in [0.2, 0.25) is 0 Å². The van der Waals surface area contributed by atoms with Gasteiger partial charge in [-0.1, -0.05) is 30.3 Å². The van der Waals surface area contributed by atoms with Crippen LogP contribution in [0.25, 0.3) is 22.6 Å². The number of pyridine rings is 1. The fourth-order valence-corrected chi connectivity index (χ4v) is 4.50. The van der Waals surface area contributed by atoms with Crippen LogP contribution >= 0.6 is 0 Å². The van der Waals surface area contributed by atoms with Crippen LogP contribution in [0.3, 0.4) is 0 Å². The molecule has 0 aliphatic heterocycles. The second-order valence-corrected chi connectivity index (χ2v) is 8.67. The van der Waals surface area contributed by atoms with Crippen molar-refractivity contribution >= 4 is 34.4 Å². The number of carbonyl (C=O) groups is 2. The largest absolute Gasteiger partial charge is 0.465 e. The summed E-state index contributed by atoms with van der Waals surface area (Å²) in [4.78, 5) is 30.5. The van der Waals surface area contributed by atoms with Crippen molar-refractivity contribution in [3.8, 4) is 0 Å². The fraction of sp³-hybridized carbons (Fsp3) is 0.207. The third kappa shape index (κ3) is 5.20. The lowest BCUT2D eigenvalue weighted by Crippen LogP contribution is -2.30. The Labute approximate surface area is 207 Å². The van der Waals surface area contributed by atoms with Gasteiger partial charge in [0.05, 0.1) is 23.0 Å². The lowest BCUT2D eigenvalue weighted by molar-refractivity contribution is -0.124. The molecular formula is C29H25FN2O4. The Morgan fingerprint density at radius 3 is 2.69 bits per heavy atom. The van der Waals surface area contributed by atoms with Crippen molar-refractivity contribution in [1.29, 1.82) is 0 Å². The minimum absolute atomic E-state index is 0.302. The molecule has 2 aromatic carbocycles. The Bertz CT molecular complexity index is 1430. The van der Waals surface area contributed by atoms with E-state index < -0.39 is 11.9 Å². The number of carbonyl (C=O) groups excluding carboxylic acids is 2. The lowest BCUT2D eigenvalue weighted by atomic mass is 9.86. The van der Waals surface area contributed by atoms with E-state index in [0.29, 0.717) is 35.9 Å². The molecule has 0 atom stereocenters. The summed E-state index contributed by atoms with van der Waals surface area (Å²) < 4.78 is 24.0. The third-order valence-electron chi connectivity index (χ3n) is 6.22. The highest BCUT2D eigenvalue weighted by atomic mass is 19.1. The van der Waals surface area contributed by atoms with E-state index in [1.54, 1.807) is 18.4 Å². The summed E-state index contributed by atoms with van der Waals surface area (Å²) in [7, 11) is 0. The van der Waals surface area contributed by atoms with E-state index in [1.165, 1.54) is 12.1 Å². The maximum atomic E-state index is 13.3. The van der Waals surface area contributed by atoms with E-state index >= 15 is 0 Å². The number of nitrogens with zero attached hydrogens (tertiary/aromatic N) is 1. The summed E-state index contributed by atoms with van der Waals surface area (Å²) >= 11 is 0. The zero-order valence-corrected chi connectivity index (χ0v) is 19.6. The van der Waals surface area contributed by atoms with Crippen molar-refractivity contribution in [2.24, 2.45) is 0 Å². The first-order valence-corrected chi connectivity index (χ1v) is 11.9. The molecule has 0 saturated carbocycles. The normalized spacial score (nSPS) is 14.0. The fourth-order valence-electron chi connectivity index (χ4n) is 4.50. The third-order valence-corrected chi connectivity index (χ3v) is 6.22. The number of rotatable bonds is 7. The molecule has 2 heterocycles. The number of fused-ring (bicyclic) bond motifs is 2. The molecule has 4 aromatic rings. The number of aromatic nitrogens is 1. The van der Waals surface area contributed by atoms with Crippen LogP contribution in [0.4, 0.5) is 4.39 Å². The van der Waals surface area contributed by atoms with Gasteiger partial charge < -0.3 is 14.5 Å². The molecule has 0 radical (unpaired) electrons. The molecule has 0 fully saturated rings. The number of furan rings is 1. The molecule has 2 aromatic heterocycles. The molecule has 0 saturated heterocycles. The zero-order chi connectivity index (χ0) is 24.9. The van der Waals surface area contributed by atoms with Crippen LogP contribution < -0.4 is 5.32 Å². The van der Waals surface area contributed by atoms with Crippen LogP contribution in [0.15, 0.2) is 71.3 Å². The molecule has 1 amide bonds. The van der Waals surface area contributed by atoms with Crippen LogP contribution in [0.1, 0.15) is 45.8 Å².